The van der Waals surface area contributed by atoms with Crippen molar-refractivity contribution >= 4 is 73.7 Å². The fourth-order valence-corrected chi connectivity index (χ4v) is 20.8. The number of rotatable bonds is 15. The molecule has 0 saturated carbocycles. The minimum Gasteiger partial charge on any atom is -0.0620 e. The molecule has 0 aliphatic rings. The number of hydrogen-bond acceptors (Lipinski definition) is 0. The van der Waals surface area contributed by atoms with Crippen LogP contribution in [0.4, 0.5) is 0 Å². The summed E-state index contributed by atoms with van der Waals surface area (Å²) in [7, 11) is 1.23. The molecule has 0 bridgehead atoms. The first kappa shape index (κ1) is 37.1. The number of halogens is 1. The molecule has 0 unspecified atom stereocenters. The molecule has 0 fully saturated rings. The third kappa shape index (κ3) is 11.2. The minimum absolute atomic E-state index is 0.596. The van der Waals surface area contributed by atoms with Crippen LogP contribution in [0.5, 0.6) is 0 Å². The second kappa shape index (κ2) is 21.1. The van der Waals surface area contributed by atoms with Gasteiger partial charge in [0.2, 0.25) is 0 Å². The molecule has 0 aliphatic carbocycles. The second-order valence-electron chi connectivity index (χ2n) is 11.9. The van der Waals surface area contributed by atoms with Crippen LogP contribution < -0.4 is 31.8 Å². The van der Waals surface area contributed by atoms with Crippen molar-refractivity contribution in [1.29, 1.82) is 0 Å². The van der Waals surface area contributed by atoms with Gasteiger partial charge < -0.3 is 0 Å². The Morgan fingerprint density at radius 2 is 0.438 bits per heavy atom. The van der Waals surface area contributed by atoms with E-state index < -0.39 is 31.7 Å². The van der Waals surface area contributed by atoms with E-state index in [1.165, 1.54) is 37.0 Å². The molecular formula is C42H46ClCoP4+5. The van der Waals surface area contributed by atoms with Crippen molar-refractivity contribution in [3.63, 3.8) is 0 Å². The average Bonchev–Trinajstić information content (AvgIpc) is 3.18. The topological polar surface area (TPSA) is 0 Å². The SMILES string of the molecule is [Cl][Co+].c1ccc([PH+](CC[PH+](CC[PH+](c2ccccc2)c2ccccc2)CC[PH+](c2ccccc2)c2ccccc2)c2ccccc2)cc1. The summed E-state index contributed by atoms with van der Waals surface area (Å²) in [6.07, 6.45) is 8.14. The van der Waals surface area contributed by atoms with Gasteiger partial charge in [0.15, 0.2) is 0 Å². The van der Waals surface area contributed by atoms with Gasteiger partial charge in [-0.05, 0) is 72.8 Å². The molecule has 0 heterocycles. The maximum Gasteiger partial charge on any atom is 0.0999 e. The van der Waals surface area contributed by atoms with Gasteiger partial charge in [-0.25, -0.2) is 0 Å². The van der Waals surface area contributed by atoms with E-state index in [4.69, 9.17) is 0 Å². The number of benzene rings is 6. The molecule has 48 heavy (non-hydrogen) atoms. The third-order valence-electron chi connectivity index (χ3n) is 8.92. The summed E-state index contributed by atoms with van der Waals surface area (Å²) in [5.41, 5.74) is 0. The van der Waals surface area contributed by atoms with Gasteiger partial charge in [0.25, 0.3) is 0 Å². The average molecular weight is 769 g/mol. The van der Waals surface area contributed by atoms with E-state index in [2.05, 4.69) is 207 Å². The molecule has 0 aliphatic heterocycles. The standard InChI is InChI=1S/C42H42P4.ClH.Co/c1-7-19-37(20-8-1)44(38-21-9-2-10-22-38)34-31-43(32-35-45(39-23-11-3-12-24-39)40-25-13-4-14-26-40)33-36-46(41-27-15-5-16-28-41)42-29-17-6-18-30-42;;/h1-30H,31-36H2;1H;/q;;+2/p+3. The van der Waals surface area contributed by atoms with E-state index >= 15 is 0 Å². The predicted octanol–water partition coefficient (Wildman–Crippen LogP) is 8.48. The smallest absolute Gasteiger partial charge is 0.0620 e. The Balaban J connectivity index is 0.00000221. The van der Waals surface area contributed by atoms with Gasteiger partial charge in [-0.15, -0.1) is 0 Å². The van der Waals surface area contributed by atoms with Gasteiger partial charge in [0.05, 0.1) is 92.6 Å². The molecule has 0 amide bonds. The maximum atomic E-state index is 4.33. The van der Waals surface area contributed by atoms with Gasteiger partial charge in [-0.3, -0.25) is 0 Å². The molecule has 0 atom stereocenters. The van der Waals surface area contributed by atoms with E-state index in [9.17, 15) is 0 Å². The quantitative estimate of drug-likeness (QED) is 0.0921. The van der Waals surface area contributed by atoms with Crippen LogP contribution in [0.25, 0.3) is 0 Å². The third-order valence-corrected chi connectivity index (χ3v) is 21.7. The van der Waals surface area contributed by atoms with Crippen molar-refractivity contribution in [2.45, 2.75) is 0 Å². The van der Waals surface area contributed by atoms with Crippen LogP contribution in [0.1, 0.15) is 0 Å². The monoisotopic (exact) mass is 768 g/mol. The second-order valence-corrected chi connectivity index (χ2v) is 22.7. The summed E-state index contributed by atoms with van der Waals surface area (Å²) in [6.45, 7) is 0. The molecule has 6 heteroatoms. The van der Waals surface area contributed by atoms with Crippen molar-refractivity contribution in [3.8, 4) is 0 Å². The Kier molecular flexibility index (Phi) is 16.3. The van der Waals surface area contributed by atoms with Crippen LogP contribution in [0.15, 0.2) is 182 Å². The first-order valence-electron chi connectivity index (χ1n) is 16.7. The van der Waals surface area contributed by atoms with E-state index in [0.29, 0.717) is 0 Å². The van der Waals surface area contributed by atoms with E-state index in [0.717, 1.165) is 0 Å². The molecule has 6 aromatic rings. The predicted molar refractivity (Wildman–Crippen MR) is 225 cm³/mol. The van der Waals surface area contributed by atoms with Crippen molar-refractivity contribution in [3.05, 3.63) is 182 Å². The fourth-order valence-electron chi connectivity index (χ4n) is 6.48. The molecule has 0 aromatic heterocycles. The Morgan fingerprint density at radius 3 is 0.604 bits per heavy atom. The van der Waals surface area contributed by atoms with Crippen LogP contribution in [-0.2, 0) is 14.8 Å². The first-order chi connectivity index (χ1) is 23.8. The zero-order valence-corrected chi connectivity index (χ0v) is 33.1. The van der Waals surface area contributed by atoms with E-state index in [1.807, 2.05) is 0 Å². The van der Waals surface area contributed by atoms with Crippen LogP contribution in [-0.4, -0.2) is 37.0 Å². The molecule has 0 N–H and O–H groups in total. The maximum absolute atomic E-state index is 4.33. The van der Waals surface area contributed by atoms with E-state index in [-0.39, 0.29) is 0 Å². The van der Waals surface area contributed by atoms with Crippen molar-refractivity contribution in [2.24, 2.45) is 0 Å². The van der Waals surface area contributed by atoms with Crippen LogP contribution in [0.3, 0.4) is 0 Å². The number of hydrogen-bond donors (Lipinski definition) is 0. The van der Waals surface area contributed by atoms with Crippen LogP contribution >= 0.6 is 41.8 Å². The van der Waals surface area contributed by atoms with Crippen LogP contribution in [0.2, 0.25) is 0 Å². The van der Waals surface area contributed by atoms with Gasteiger partial charge in [0.1, 0.15) is 0 Å². The zero-order valence-electron chi connectivity index (χ0n) is 27.3. The molecule has 6 aromatic carbocycles. The largest absolute Gasteiger partial charge is 0.0999 e. The van der Waals surface area contributed by atoms with Gasteiger partial charge in [-0.1, -0.05) is 109 Å². The summed E-state index contributed by atoms with van der Waals surface area (Å²) in [5.74, 6) is 0. The fraction of sp³-hybridized carbons (Fsp3) is 0.143. The minimum atomic E-state index is -0.835. The first-order valence-corrected chi connectivity index (χ1v) is 25.4. The van der Waals surface area contributed by atoms with Crippen LogP contribution in [0, 0.1) is 0 Å². The van der Waals surface area contributed by atoms with E-state index in [1.54, 1.807) is 31.8 Å². The van der Waals surface area contributed by atoms with Gasteiger partial charge >= 0.3 is 25.0 Å². The van der Waals surface area contributed by atoms with Crippen molar-refractivity contribution in [1.82, 2.24) is 0 Å². The van der Waals surface area contributed by atoms with Gasteiger partial charge in [0, 0.05) is 7.92 Å². The van der Waals surface area contributed by atoms with Crippen molar-refractivity contribution in [2.75, 3.05) is 37.0 Å². The van der Waals surface area contributed by atoms with Gasteiger partial charge in [-0.2, -0.15) is 0 Å². The Bertz CT molecular complexity index is 1370. The normalized spacial score (nSPS) is 11.1. The molecule has 0 saturated heterocycles. The molecule has 245 valence electrons. The molecule has 0 nitrogen and oxygen atoms in total. The molecule has 0 spiro atoms. The summed E-state index contributed by atoms with van der Waals surface area (Å²) >= 11 is 3.03. The summed E-state index contributed by atoms with van der Waals surface area (Å²) in [5, 5.41) is 9.31. The Morgan fingerprint density at radius 1 is 0.271 bits per heavy atom. The summed E-state index contributed by atoms with van der Waals surface area (Å²) in [6, 6.07) is 68.4. The molecule has 6 rings (SSSR count). The summed E-state index contributed by atoms with van der Waals surface area (Å²) in [4.78, 5) is 0. The molecular weight excluding hydrogens is 723 g/mol. The Labute approximate surface area is 305 Å². The summed E-state index contributed by atoms with van der Waals surface area (Å²) < 4.78 is 0. The molecule has 0 radical (unpaired) electrons. The zero-order chi connectivity index (χ0) is 33.2. The van der Waals surface area contributed by atoms with Crippen molar-refractivity contribution < 1.29 is 14.8 Å². The Hall–Kier alpha value is -2.16.